The Hall–Kier alpha value is -4.58. The highest BCUT2D eigenvalue weighted by atomic mass is 19.4. The van der Waals surface area contributed by atoms with Crippen LogP contribution in [0.3, 0.4) is 0 Å². The van der Waals surface area contributed by atoms with Crippen LogP contribution in [0.25, 0.3) is 10.8 Å². The Bertz CT molecular complexity index is 1710. The second-order valence-electron chi connectivity index (χ2n) is 11.1. The van der Waals surface area contributed by atoms with E-state index in [1.807, 2.05) is 0 Å². The molecule has 1 aliphatic carbocycles. The Kier molecular flexibility index (Phi) is 7.25. The normalized spacial score (nSPS) is 18.4. The molecule has 2 aliphatic rings. The molecule has 8 nitrogen and oxygen atoms in total. The van der Waals surface area contributed by atoms with Crippen LogP contribution in [0.1, 0.15) is 43.2 Å². The summed E-state index contributed by atoms with van der Waals surface area (Å²) in [5, 5.41) is 8.48. The van der Waals surface area contributed by atoms with Gasteiger partial charge in [-0.25, -0.2) is 9.37 Å². The maximum atomic E-state index is 15.1. The fourth-order valence-corrected chi connectivity index (χ4v) is 5.50. The van der Waals surface area contributed by atoms with E-state index >= 15 is 4.39 Å². The van der Waals surface area contributed by atoms with Crippen molar-refractivity contribution in [2.24, 2.45) is 16.8 Å². The number of halogens is 4. The summed E-state index contributed by atoms with van der Waals surface area (Å²) in [6.45, 7) is 0. The van der Waals surface area contributed by atoms with Gasteiger partial charge >= 0.3 is 6.18 Å². The van der Waals surface area contributed by atoms with E-state index in [1.54, 1.807) is 48.8 Å². The van der Waals surface area contributed by atoms with E-state index in [1.165, 1.54) is 24.4 Å². The third-order valence-corrected chi connectivity index (χ3v) is 8.16. The average Bonchev–Trinajstić information content (AvgIpc) is 3.71. The predicted octanol–water partition coefficient (Wildman–Crippen LogP) is 5.88. The number of carbonyl (C=O) groups is 1. The van der Waals surface area contributed by atoms with E-state index in [2.05, 4.69) is 20.4 Å². The number of hydrazone groups is 1. The number of alkyl halides is 3. The largest absolute Gasteiger partial charge is 0.431 e. The number of nitrogens with zero attached hydrogens (tertiary/aromatic N) is 4. The molecule has 2 aromatic carbocycles. The molecule has 222 valence electrons. The molecule has 12 heteroatoms. The third kappa shape index (κ3) is 5.74. The minimum Gasteiger partial charge on any atom is -0.383 e. The van der Waals surface area contributed by atoms with Gasteiger partial charge in [-0.05, 0) is 77.7 Å². The summed E-state index contributed by atoms with van der Waals surface area (Å²) in [6, 6.07) is 12.8. The molecular formula is C31H29F4N7O. The summed E-state index contributed by atoms with van der Waals surface area (Å²) in [5.41, 5.74) is 12.2. The van der Waals surface area contributed by atoms with E-state index in [0.29, 0.717) is 23.3 Å². The lowest BCUT2D eigenvalue weighted by Gasteiger charge is -2.31. The highest BCUT2D eigenvalue weighted by molar-refractivity contribution is 6.05. The van der Waals surface area contributed by atoms with Gasteiger partial charge in [0.1, 0.15) is 23.4 Å². The van der Waals surface area contributed by atoms with Gasteiger partial charge in [0.25, 0.3) is 0 Å². The van der Waals surface area contributed by atoms with Gasteiger partial charge in [0.05, 0.1) is 16.9 Å². The lowest BCUT2D eigenvalue weighted by Crippen LogP contribution is -2.40. The van der Waals surface area contributed by atoms with Crippen LogP contribution in [0, 0.1) is 11.7 Å². The first kappa shape index (κ1) is 28.5. The highest BCUT2D eigenvalue weighted by Gasteiger charge is 2.46. The van der Waals surface area contributed by atoms with Crippen LogP contribution in [0.2, 0.25) is 0 Å². The fraction of sp³-hybridized carbons (Fsp3) is 0.290. The van der Waals surface area contributed by atoms with Gasteiger partial charge in [0.2, 0.25) is 5.91 Å². The number of amides is 1. The van der Waals surface area contributed by atoms with Crippen LogP contribution in [0.15, 0.2) is 78.3 Å². The molecule has 1 fully saturated rings. The first-order valence-corrected chi connectivity index (χ1v) is 13.9. The number of anilines is 3. The van der Waals surface area contributed by atoms with Crippen LogP contribution in [0.4, 0.5) is 34.8 Å². The SMILES string of the molecule is Nc1nccc2ccc(N3N=C(C(F)(F)F)CC3C(=O)Nc3cc(C(N)(CCC4CC4)c4ccncc4)ccc3F)cc12. The topological polar surface area (TPSA) is 123 Å². The second kappa shape index (κ2) is 10.9. The van der Waals surface area contributed by atoms with Gasteiger partial charge in [0, 0.05) is 30.4 Å². The summed E-state index contributed by atoms with van der Waals surface area (Å²) in [4.78, 5) is 21.7. The van der Waals surface area contributed by atoms with Gasteiger partial charge in [-0.1, -0.05) is 25.0 Å². The molecule has 4 aromatic rings. The highest BCUT2D eigenvalue weighted by Crippen LogP contribution is 2.41. The van der Waals surface area contributed by atoms with E-state index in [9.17, 15) is 18.0 Å². The molecule has 1 saturated carbocycles. The smallest absolute Gasteiger partial charge is 0.383 e. The first-order chi connectivity index (χ1) is 20.5. The zero-order chi connectivity index (χ0) is 30.4. The van der Waals surface area contributed by atoms with E-state index in [-0.39, 0.29) is 17.2 Å². The van der Waals surface area contributed by atoms with E-state index < -0.39 is 41.6 Å². The lowest BCUT2D eigenvalue weighted by atomic mass is 9.79. The molecule has 1 aliphatic heterocycles. The van der Waals surface area contributed by atoms with Crippen LogP contribution >= 0.6 is 0 Å². The molecule has 0 saturated heterocycles. The van der Waals surface area contributed by atoms with Crippen molar-refractivity contribution < 1.29 is 22.4 Å². The minimum absolute atomic E-state index is 0.180. The van der Waals surface area contributed by atoms with Crippen molar-refractivity contribution in [2.75, 3.05) is 16.1 Å². The maximum absolute atomic E-state index is 15.1. The van der Waals surface area contributed by atoms with Gasteiger partial charge in [-0.2, -0.15) is 18.3 Å². The van der Waals surface area contributed by atoms with Crippen LogP contribution in [-0.2, 0) is 10.3 Å². The number of nitrogens with one attached hydrogen (secondary N) is 1. The van der Waals surface area contributed by atoms with Crippen molar-refractivity contribution in [3.8, 4) is 0 Å². The van der Waals surface area contributed by atoms with Crippen molar-refractivity contribution in [1.82, 2.24) is 9.97 Å². The zero-order valence-electron chi connectivity index (χ0n) is 23.0. The molecule has 2 atom stereocenters. The molecule has 5 N–H and O–H groups in total. The van der Waals surface area contributed by atoms with Gasteiger partial charge in [-0.15, -0.1) is 0 Å². The molecule has 43 heavy (non-hydrogen) atoms. The number of hydrogen-bond donors (Lipinski definition) is 3. The molecule has 0 radical (unpaired) electrons. The van der Waals surface area contributed by atoms with Crippen molar-refractivity contribution in [3.63, 3.8) is 0 Å². The number of hydrogen-bond acceptors (Lipinski definition) is 7. The number of rotatable bonds is 8. The van der Waals surface area contributed by atoms with Crippen molar-refractivity contribution in [2.45, 2.75) is 49.9 Å². The maximum Gasteiger partial charge on any atom is 0.431 e. The fourth-order valence-electron chi connectivity index (χ4n) is 5.50. The van der Waals surface area contributed by atoms with E-state index in [4.69, 9.17) is 11.5 Å². The summed E-state index contributed by atoms with van der Waals surface area (Å²) in [7, 11) is 0. The molecule has 6 rings (SSSR count). The number of nitrogen functional groups attached to an aromatic ring is 1. The number of pyridine rings is 2. The molecule has 0 spiro atoms. The second-order valence-corrected chi connectivity index (χ2v) is 11.1. The van der Waals surface area contributed by atoms with Crippen molar-refractivity contribution in [3.05, 3.63) is 90.1 Å². The molecule has 1 amide bonds. The summed E-state index contributed by atoms with van der Waals surface area (Å²) in [6.07, 6.45) is 3.01. The molecule has 2 unspecified atom stereocenters. The average molecular weight is 592 g/mol. The Morgan fingerprint density at radius 2 is 1.77 bits per heavy atom. The molecular weight excluding hydrogens is 562 g/mol. The minimum atomic E-state index is -4.76. The van der Waals surface area contributed by atoms with Crippen LogP contribution < -0.4 is 21.8 Å². The standard InChI is InChI=1S/C31H29F4N7O/c32-24-6-4-21(30(37,11-7-18-1-2-18)20-9-12-38-13-10-20)15-25(24)40-29(43)26-17-27(31(33,34)35)41-42(26)22-5-3-19-8-14-39-28(36)23(19)16-22/h3-6,8-10,12-16,18,26H,1-2,7,11,17,37H2,(H2,36,39)(H,40,43). The lowest BCUT2D eigenvalue weighted by molar-refractivity contribution is -0.117. The van der Waals surface area contributed by atoms with E-state index in [0.717, 1.165) is 35.2 Å². The van der Waals surface area contributed by atoms with Crippen molar-refractivity contribution in [1.29, 1.82) is 0 Å². The monoisotopic (exact) mass is 591 g/mol. The number of aromatic nitrogens is 2. The Balaban J connectivity index is 1.32. The molecule has 3 heterocycles. The zero-order valence-corrected chi connectivity index (χ0v) is 23.0. The third-order valence-electron chi connectivity index (χ3n) is 8.16. The number of carbonyl (C=O) groups excluding carboxylic acids is 1. The quantitative estimate of drug-likeness (QED) is 0.220. The summed E-state index contributed by atoms with van der Waals surface area (Å²) in [5.74, 6) is -0.841. The Morgan fingerprint density at radius 1 is 1.00 bits per heavy atom. The van der Waals surface area contributed by atoms with Gasteiger partial charge < -0.3 is 16.8 Å². The predicted molar refractivity (Wildman–Crippen MR) is 157 cm³/mol. The Labute approximate surface area is 244 Å². The summed E-state index contributed by atoms with van der Waals surface area (Å²) < 4.78 is 56.5. The van der Waals surface area contributed by atoms with Crippen LogP contribution in [0.5, 0.6) is 0 Å². The Morgan fingerprint density at radius 3 is 2.49 bits per heavy atom. The number of fused-ring (bicyclic) bond motifs is 1. The van der Waals surface area contributed by atoms with Crippen molar-refractivity contribution >= 4 is 39.6 Å². The van der Waals surface area contributed by atoms with Crippen LogP contribution in [-0.4, -0.2) is 33.8 Å². The molecule has 2 aromatic heterocycles. The first-order valence-electron chi connectivity index (χ1n) is 13.9. The number of nitrogens with two attached hydrogens (primary N) is 2. The van der Waals surface area contributed by atoms with Gasteiger partial charge in [-0.3, -0.25) is 14.8 Å². The summed E-state index contributed by atoms with van der Waals surface area (Å²) >= 11 is 0. The molecule has 0 bridgehead atoms. The number of benzene rings is 2. The van der Waals surface area contributed by atoms with Gasteiger partial charge in [0.15, 0.2) is 0 Å².